The van der Waals surface area contributed by atoms with Crippen LogP contribution in [0.3, 0.4) is 0 Å². The molecule has 0 aliphatic carbocycles. The number of rotatable bonds is 9. The molecule has 0 spiro atoms. The Labute approximate surface area is 301 Å². The maximum Gasteiger partial charge on any atom is 0.416 e. The number of carbonyl (C=O) groups excluding carboxylic acids is 2. The minimum atomic E-state index is -4.51. The van der Waals surface area contributed by atoms with E-state index in [2.05, 4.69) is 15.5 Å². The number of halogens is 3. The van der Waals surface area contributed by atoms with Crippen molar-refractivity contribution >= 4 is 29.3 Å². The van der Waals surface area contributed by atoms with Crippen LogP contribution in [0.15, 0.2) is 66.7 Å². The number of fused-ring (bicyclic) bond motifs is 1. The van der Waals surface area contributed by atoms with E-state index in [9.17, 15) is 37.8 Å². The highest BCUT2D eigenvalue weighted by molar-refractivity contribution is 6.02. The number of carbonyl (C=O) groups is 3. The number of aliphatic hydroxyl groups excluding tert-OH is 1. The van der Waals surface area contributed by atoms with Gasteiger partial charge in [-0.2, -0.15) is 13.2 Å². The Morgan fingerprint density at radius 3 is 2.29 bits per heavy atom. The first-order valence-electron chi connectivity index (χ1n) is 17.2. The van der Waals surface area contributed by atoms with Crippen molar-refractivity contribution in [2.24, 2.45) is 5.92 Å². The largest absolute Gasteiger partial charge is 0.490 e. The van der Waals surface area contributed by atoms with Gasteiger partial charge in [-0.05, 0) is 100 Å². The van der Waals surface area contributed by atoms with Crippen LogP contribution in [0.25, 0.3) is 0 Å². The maximum atomic E-state index is 14.4. The number of hydrogen-bond acceptors (Lipinski definition) is 7. The molecule has 52 heavy (non-hydrogen) atoms. The minimum Gasteiger partial charge on any atom is -0.490 e. The number of urea groups is 1. The molecule has 3 amide bonds. The Morgan fingerprint density at radius 1 is 1.00 bits per heavy atom. The Kier molecular flexibility index (Phi) is 14.0. The van der Waals surface area contributed by atoms with Crippen LogP contribution in [0.1, 0.15) is 71.9 Å². The molecule has 0 bridgehead atoms. The Balaban J connectivity index is 1.55. The van der Waals surface area contributed by atoms with Crippen molar-refractivity contribution in [1.82, 2.24) is 9.80 Å². The van der Waals surface area contributed by atoms with Gasteiger partial charge < -0.3 is 35.2 Å². The van der Waals surface area contributed by atoms with Gasteiger partial charge in [0.05, 0.1) is 41.5 Å². The van der Waals surface area contributed by atoms with Crippen LogP contribution >= 0.6 is 0 Å². The number of carboxylic acids is 1. The van der Waals surface area contributed by atoms with Gasteiger partial charge in [0.15, 0.2) is 0 Å². The van der Waals surface area contributed by atoms with Crippen LogP contribution in [0.2, 0.25) is 0 Å². The van der Waals surface area contributed by atoms with Crippen LogP contribution in [0.4, 0.5) is 29.3 Å². The fraction of sp³-hybridized carbons (Fsp3) is 0.447. The fourth-order valence-electron chi connectivity index (χ4n) is 5.94. The van der Waals surface area contributed by atoms with Gasteiger partial charge in [-0.15, -0.1) is 0 Å². The predicted molar refractivity (Wildman–Crippen MR) is 191 cm³/mol. The zero-order chi connectivity index (χ0) is 38.0. The third kappa shape index (κ3) is 11.4. The Bertz CT molecular complexity index is 1650. The molecule has 4 rings (SSSR count). The molecule has 0 unspecified atom stereocenters. The number of anilines is 2. The third-order valence-electron chi connectivity index (χ3n) is 8.92. The summed E-state index contributed by atoms with van der Waals surface area (Å²) >= 11 is 0. The van der Waals surface area contributed by atoms with E-state index in [1.165, 1.54) is 6.07 Å². The molecule has 14 heteroatoms. The van der Waals surface area contributed by atoms with E-state index < -0.39 is 35.7 Å². The van der Waals surface area contributed by atoms with Crippen molar-refractivity contribution in [2.45, 2.75) is 71.0 Å². The zero-order valence-electron chi connectivity index (χ0n) is 29.8. The molecular formula is C38H47F3N4O7. The molecule has 0 saturated heterocycles. The van der Waals surface area contributed by atoms with Crippen molar-refractivity contribution in [3.05, 3.63) is 89.0 Å². The summed E-state index contributed by atoms with van der Waals surface area (Å²) in [4.78, 5) is 42.1. The molecule has 0 saturated carbocycles. The number of likely N-dealkylation sites (N-methyl/N-ethyl adjacent to an activating group) is 1. The number of nitrogens with one attached hydrogen (secondary N) is 2. The number of nitrogens with zero attached hydrogens (tertiary/aromatic N) is 2. The van der Waals surface area contributed by atoms with Gasteiger partial charge in [0.25, 0.3) is 5.91 Å². The lowest BCUT2D eigenvalue weighted by atomic mass is 10.0. The van der Waals surface area contributed by atoms with E-state index >= 15 is 0 Å². The Hall–Kier alpha value is -4.66. The van der Waals surface area contributed by atoms with Gasteiger partial charge in [-0.3, -0.25) is 9.69 Å². The molecule has 0 fully saturated rings. The molecule has 0 aromatic heterocycles. The predicted octanol–water partition coefficient (Wildman–Crippen LogP) is 6.98. The smallest absolute Gasteiger partial charge is 0.416 e. The first-order chi connectivity index (χ1) is 24.6. The standard InChI is InChI=1S/C38H47F3N4O7/c1-24-20-45(25(2)23-46)35(47)32-19-31(43-37(50)42-30-14-12-29(13-15-30)38(39,40)41)16-17-33(32)52-26(3)7-5-6-18-51-34(24)22-44(4)21-27-8-10-28(11-9-27)36(48)49/h8-17,19,24-26,34,46H,5-7,18,20-23H2,1-4H3,(H,48,49)(H2,42,43,50)/t24-,25-,26+,34+/m1/s1. The van der Waals surface area contributed by atoms with E-state index in [0.29, 0.717) is 31.9 Å². The highest BCUT2D eigenvalue weighted by atomic mass is 19.4. The maximum absolute atomic E-state index is 14.4. The highest BCUT2D eigenvalue weighted by Gasteiger charge is 2.31. The van der Waals surface area contributed by atoms with Crippen molar-refractivity contribution < 1.29 is 47.2 Å². The SMILES string of the molecule is C[C@@H]1CN([C@H](C)CO)C(=O)c2cc(NC(=O)Nc3ccc(C(F)(F)F)cc3)ccc2O[C@@H](C)CCCCO[C@H]1CN(C)Cc1ccc(C(=O)O)cc1. The van der Waals surface area contributed by atoms with Crippen LogP contribution in [-0.2, 0) is 17.5 Å². The van der Waals surface area contributed by atoms with E-state index in [0.717, 1.165) is 42.7 Å². The van der Waals surface area contributed by atoms with E-state index in [1.807, 2.05) is 20.9 Å². The number of aromatic carboxylic acids is 1. The summed E-state index contributed by atoms with van der Waals surface area (Å²) in [5.41, 5.74) is 0.869. The second-order valence-electron chi connectivity index (χ2n) is 13.4. The van der Waals surface area contributed by atoms with Crippen LogP contribution in [-0.4, -0.2) is 89.5 Å². The topological polar surface area (TPSA) is 141 Å². The number of aliphatic hydroxyl groups is 1. The molecule has 1 heterocycles. The molecule has 4 N–H and O–H groups in total. The van der Waals surface area contributed by atoms with Crippen molar-refractivity contribution in [1.29, 1.82) is 0 Å². The van der Waals surface area contributed by atoms with Crippen LogP contribution < -0.4 is 15.4 Å². The Morgan fingerprint density at radius 2 is 1.65 bits per heavy atom. The normalized spacial score (nSPS) is 19.6. The van der Waals surface area contributed by atoms with E-state index in [-0.39, 0.29) is 53.8 Å². The quantitative estimate of drug-likeness (QED) is 0.185. The number of ether oxygens (including phenoxy) is 2. The summed E-state index contributed by atoms with van der Waals surface area (Å²) in [5, 5.41) is 24.6. The van der Waals surface area contributed by atoms with Gasteiger partial charge in [0.2, 0.25) is 0 Å². The first-order valence-corrected chi connectivity index (χ1v) is 17.2. The third-order valence-corrected chi connectivity index (χ3v) is 8.92. The number of amides is 3. The summed E-state index contributed by atoms with van der Waals surface area (Å²) in [6.07, 6.45) is -2.76. The minimum absolute atomic E-state index is 0.146. The number of benzene rings is 3. The van der Waals surface area contributed by atoms with E-state index in [4.69, 9.17) is 9.47 Å². The van der Waals surface area contributed by atoms with Gasteiger partial charge in [0.1, 0.15) is 5.75 Å². The number of carboxylic acid groups (broad SMARTS) is 1. The van der Waals surface area contributed by atoms with Gasteiger partial charge in [-0.1, -0.05) is 19.1 Å². The average Bonchev–Trinajstić information content (AvgIpc) is 3.09. The average molecular weight is 729 g/mol. The molecular weight excluding hydrogens is 681 g/mol. The molecule has 11 nitrogen and oxygen atoms in total. The molecule has 0 radical (unpaired) electrons. The van der Waals surface area contributed by atoms with Crippen molar-refractivity contribution in [3.63, 3.8) is 0 Å². The van der Waals surface area contributed by atoms with Gasteiger partial charge in [-0.25, -0.2) is 9.59 Å². The summed E-state index contributed by atoms with van der Waals surface area (Å²) in [7, 11) is 1.95. The van der Waals surface area contributed by atoms with Crippen LogP contribution in [0.5, 0.6) is 5.75 Å². The highest BCUT2D eigenvalue weighted by Crippen LogP contribution is 2.31. The fourth-order valence-corrected chi connectivity index (χ4v) is 5.94. The van der Waals surface area contributed by atoms with Gasteiger partial charge >= 0.3 is 18.2 Å². The lowest BCUT2D eigenvalue weighted by molar-refractivity contribution is -0.137. The monoisotopic (exact) mass is 728 g/mol. The lowest BCUT2D eigenvalue weighted by Crippen LogP contribution is -2.47. The summed E-state index contributed by atoms with van der Waals surface area (Å²) in [6.45, 7) is 7.12. The summed E-state index contributed by atoms with van der Waals surface area (Å²) in [5.74, 6) is -1.29. The first kappa shape index (κ1) is 40.1. The number of hydrogen-bond donors (Lipinski definition) is 4. The molecule has 4 atom stereocenters. The van der Waals surface area contributed by atoms with Crippen molar-refractivity contribution in [2.75, 3.05) is 44.0 Å². The van der Waals surface area contributed by atoms with Gasteiger partial charge in [0, 0.05) is 43.5 Å². The molecule has 3 aromatic carbocycles. The van der Waals surface area contributed by atoms with Crippen molar-refractivity contribution in [3.8, 4) is 5.75 Å². The lowest BCUT2D eigenvalue weighted by Gasteiger charge is -2.36. The summed E-state index contributed by atoms with van der Waals surface area (Å²) in [6, 6.07) is 14.1. The number of alkyl halides is 3. The molecule has 3 aromatic rings. The molecule has 1 aliphatic heterocycles. The second-order valence-corrected chi connectivity index (χ2v) is 13.4. The molecule has 282 valence electrons. The van der Waals surface area contributed by atoms with E-state index in [1.54, 1.807) is 48.2 Å². The zero-order valence-corrected chi connectivity index (χ0v) is 29.8. The second kappa shape index (κ2) is 18.2. The summed E-state index contributed by atoms with van der Waals surface area (Å²) < 4.78 is 51.5. The molecule has 1 aliphatic rings. The van der Waals surface area contributed by atoms with Crippen LogP contribution in [0, 0.1) is 5.92 Å².